The van der Waals surface area contributed by atoms with Gasteiger partial charge in [-0.1, -0.05) is 43.7 Å². The fourth-order valence-electron chi connectivity index (χ4n) is 4.60. The van der Waals surface area contributed by atoms with E-state index in [0.717, 1.165) is 23.4 Å². The van der Waals surface area contributed by atoms with E-state index in [-0.39, 0.29) is 11.1 Å². The lowest BCUT2D eigenvalue weighted by atomic mass is 9.77. The van der Waals surface area contributed by atoms with Gasteiger partial charge in [0.2, 0.25) is 0 Å². The minimum absolute atomic E-state index is 0.155. The minimum Gasteiger partial charge on any atom is -0.491 e. The molecule has 0 heterocycles. The molecule has 0 spiro atoms. The number of hydrogen-bond acceptors (Lipinski definition) is 1. The van der Waals surface area contributed by atoms with Gasteiger partial charge in [-0.3, -0.25) is 0 Å². The van der Waals surface area contributed by atoms with Crippen molar-refractivity contribution in [1.29, 1.82) is 0 Å². The summed E-state index contributed by atoms with van der Waals surface area (Å²) in [5, 5.41) is 1.28. The van der Waals surface area contributed by atoms with Crippen LogP contribution in [0.4, 0.5) is 13.2 Å². The van der Waals surface area contributed by atoms with E-state index < -0.39 is 23.2 Å². The van der Waals surface area contributed by atoms with Gasteiger partial charge in [0.15, 0.2) is 17.4 Å². The Balaban J connectivity index is 1.68. The largest absolute Gasteiger partial charge is 0.491 e. The van der Waals surface area contributed by atoms with Gasteiger partial charge in [0.05, 0.1) is 7.11 Å². The summed E-state index contributed by atoms with van der Waals surface area (Å²) in [6.07, 6.45) is 6.09. The Morgan fingerprint density at radius 1 is 0.897 bits per heavy atom. The van der Waals surface area contributed by atoms with Crippen LogP contribution >= 0.6 is 0 Å². The first-order valence-electron chi connectivity index (χ1n) is 10.3. The average Bonchev–Trinajstić information content (AvgIpc) is 2.73. The molecular weight excluding hydrogens is 373 g/mol. The Hall–Kier alpha value is -2.49. The Morgan fingerprint density at radius 3 is 2.21 bits per heavy atom. The molecule has 29 heavy (non-hydrogen) atoms. The maximum absolute atomic E-state index is 15.2. The van der Waals surface area contributed by atoms with Crippen LogP contribution in [0.3, 0.4) is 0 Å². The van der Waals surface area contributed by atoms with E-state index in [4.69, 9.17) is 4.74 Å². The van der Waals surface area contributed by atoms with Crippen LogP contribution in [-0.2, 0) is 0 Å². The van der Waals surface area contributed by atoms with E-state index in [0.29, 0.717) is 11.3 Å². The van der Waals surface area contributed by atoms with Crippen molar-refractivity contribution in [1.82, 2.24) is 0 Å². The maximum Gasteiger partial charge on any atom is 0.190 e. The Kier molecular flexibility index (Phi) is 5.53. The van der Waals surface area contributed by atoms with Crippen molar-refractivity contribution < 1.29 is 17.9 Å². The first kappa shape index (κ1) is 19.8. The lowest BCUT2D eigenvalue weighted by Gasteiger charge is -2.28. The number of halogens is 3. The van der Waals surface area contributed by atoms with Gasteiger partial charge in [-0.05, 0) is 66.2 Å². The van der Waals surface area contributed by atoms with E-state index in [9.17, 15) is 8.78 Å². The molecule has 0 aromatic heterocycles. The molecule has 3 aromatic rings. The van der Waals surface area contributed by atoms with E-state index in [1.807, 2.05) is 12.1 Å². The van der Waals surface area contributed by atoms with Gasteiger partial charge in [-0.25, -0.2) is 13.2 Å². The minimum atomic E-state index is -0.847. The molecule has 0 aliphatic heterocycles. The second-order valence-electron chi connectivity index (χ2n) is 8.01. The van der Waals surface area contributed by atoms with Crippen molar-refractivity contribution in [2.75, 3.05) is 7.11 Å². The molecule has 0 saturated heterocycles. The monoisotopic (exact) mass is 398 g/mol. The van der Waals surface area contributed by atoms with Crippen molar-refractivity contribution >= 4 is 10.8 Å². The molecule has 4 heteroatoms. The standard InChI is InChI=1S/C25H25F3O/c1-3-15-4-6-16(7-5-15)17-8-10-20-18(12-17)9-11-21(24(20)28)19-13-22(26)25(29-2)23(27)14-19/h8-16H,3-7H2,1-2H3. The highest BCUT2D eigenvalue weighted by molar-refractivity contribution is 5.89. The molecule has 1 saturated carbocycles. The molecule has 0 amide bonds. The smallest absolute Gasteiger partial charge is 0.190 e. The number of ether oxygens (including phenoxy) is 1. The van der Waals surface area contributed by atoms with Crippen LogP contribution in [0.15, 0.2) is 42.5 Å². The first-order valence-corrected chi connectivity index (χ1v) is 10.3. The topological polar surface area (TPSA) is 9.23 Å². The molecule has 0 radical (unpaired) electrons. The summed E-state index contributed by atoms with van der Waals surface area (Å²) in [7, 11) is 1.20. The third-order valence-corrected chi connectivity index (χ3v) is 6.39. The maximum atomic E-state index is 15.2. The molecule has 0 unspecified atom stereocenters. The third kappa shape index (κ3) is 3.73. The molecule has 0 atom stereocenters. The molecule has 0 bridgehead atoms. The SMILES string of the molecule is CCC1CCC(c2ccc3c(F)c(-c4cc(F)c(OC)c(F)c4)ccc3c2)CC1. The molecule has 4 rings (SSSR count). The van der Waals surface area contributed by atoms with E-state index in [1.54, 1.807) is 12.1 Å². The lowest BCUT2D eigenvalue weighted by Crippen LogP contribution is -2.12. The van der Waals surface area contributed by atoms with Gasteiger partial charge in [-0.15, -0.1) is 0 Å². The van der Waals surface area contributed by atoms with E-state index in [1.165, 1.54) is 44.8 Å². The molecule has 0 N–H and O–H groups in total. The quantitative estimate of drug-likeness (QED) is 0.439. The van der Waals surface area contributed by atoms with Crippen LogP contribution < -0.4 is 4.74 Å². The summed E-state index contributed by atoms with van der Waals surface area (Å²) in [5.74, 6) is -1.27. The van der Waals surface area contributed by atoms with Gasteiger partial charge in [0.25, 0.3) is 0 Å². The zero-order chi connectivity index (χ0) is 20.5. The normalized spacial score (nSPS) is 19.5. The number of benzene rings is 3. The fourth-order valence-corrected chi connectivity index (χ4v) is 4.60. The average molecular weight is 398 g/mol. The van der Waals surface area contributed by atoms with Gasteiger partial charge < -0.3 is 4.74 Å². The summed E-state index contributed by atoms with van der Waals surface area (Å²) in [6.45, 7) is 2.25. The molecule has 1 aliphatic carbocycles. The molecule has 3 aromatic carbocycles. The molecule has 1 fully saturated rings. The molecule has 1 nitrogen and oxygen atoms in total. The molecule has 152 valence electrons. The summed E-state index contributed by atoms with van der Waals surface area (Å²) >= 11 is 0. The molecule has 1 aliphatic rings. The number of fused-ring (bicyclic) bond motifs is 1. The zero-order valence-corrected chi connectivity index (χ0v) is 16.8. The van der Waals surface area contributed by atoms with Crippen LogP contribution in [0, 0.1) is 23.4 Å². The Labute approximate surface area is 169 Å². The van der Waals surface area contributed by atoms with Crippen molar-refractivity contribution in [2.45, 2.75) is 44.9 Å². The summed E-state index contributed by atoms with van der Waals surface area (Å²) in [4.78, 5) is 0. The van der Waals surface area contributed by atoms with E-state index >= 15 is 4.39 Å². The second-order valence-corrected chi connectivity index (χ2v) is 8.01. The highest BCUT2D eigenvalue weighted by Gasteiger charge is 2.22. The fraction of sp³-hybridized carbons (Fsp3) is 0.360. The van der Waals surface area contributed by atoms with Crippen LogP contribution in [0.2, 0.25) is 0 Å². The van der Waals surface area contributed by atoms with Crippen LogP contribution in [-0.4, -0.2) is 7.11 Å². The molecular formula is C25H25F3O. The zero-order valence-electron chi connectivity index (χ0n) is 16.8. The number of hydrogen-bond donors (Lipinski definition) is 0. The highest BCUT2D eigenvalue weighted by atomic mass is 19.1. The number of methoxy groups -OCH3 is 1. The second kappa shape index (κ2) is 8.10. The predicted octanol–water partition coefficient (Wildman–Crippen LogP) is 7.62. The van der Waals surface area contributed by atoms with Gasteiger partial charge >= 0.3 is 0 Å². The summed E-state index contributed by atoms with van der Waals surface area (Å²) in [5.41, 5.74) is 1.58. The van der Waals surface area contributed by atoms with Crippen molar-refractivity contribution in [3.05, 3.63) is 65.5 Å². The van der Waals surface area contributed by atoms with Crippen LogP contribution in [0.1, 0.15) is 50.5 Å². The number of rotatable bonds is 4. The summed E-state index contributed by atoms with van der Waals surface area (Å²) < 4.78 is 48.0. The van der Waals surface area contributed by atoms with Crippen LogP contribution in [0.5, 0.6) is 5.75 Å². The van der Waals surface area contributed by atoms with E-state index in [2.05, 4.69) is 13.0 Å². The Morgan fingerprint density at radius 2 is 1.59 bits per heavy atom. The highest BCUT2D eigenvalue weighted by Crippen LogP contribution is 2.39. The van der Waals surface area contributed by atoms with Crippen LogP contribution in [0.25, 0.3) is 21.9 Å². The van der Waals surface area contributed by atoms with Crippen molar-refractivity contribution in [3.63, 3.8) is 0 Å². The Bertz CT molecular complexity index is 1010. The van der Waals surface area contributed by atoms with Crippen molar-refractivity contribution in [3.8, 4) is 16.9 Å². The third-order valence-electron chi connectivity index (χ3n) is 6.39. The lowest BCUT2D eigenvalue weighted by molar-refractivity contribution is 0.319. The van der Waals surface area contributed by atoms with Gasteiger partial charge in [-0.2, -0.15) is 0 Å². The van der Waals surface area contributed by atoms with Crippen molar-refractivity contribution in [2.24, 2.45) is 5.92 Å². The van der Waals surface area contributed by atoms with Gasteiger partial charge in [0.1, 0.15) is 5.82 Å². The summed E-state index contributed by atoms with van der Waals surface area (Å²) in [6, 6.07) is 11.5. The predicted molar refractivity (Wildman–Crippen MR) is 111 cm³/mol. The first-order chi connectivity index (χ1) is 14.0. The van der Waals surface area contributed by atoms with Gasteiger partial charge in [0, 0.05) is 10.9 Å².